The monoisotopic (exact) mass is 278 g/mol. The third kappa shape index (κ3) is 3.09. The smallest absolute Gasteiger partial charge is 0.227 e. The molecule has 0 unspecified atom stereocenters. The number of hydrogen-bond donors (Lipinski definition) is 3. The van der Waals surface area contributed by atoms with Crippen LogP contribution in [0.5, 0.6) is 5.75 Å². The number of nitrogens with zero attached hydrogens (tertiary/aromatic N) is 2. The molecule has 104 valence electrons. The van der Waals surface area contributed by atoms with E-state index in [0.29, 0.717) is 11.6 Å². The van der Waals surface area contributed by atoms with Gasteiger partial charge in [-0.25, -0.2) is 9.97 Å². The Hall–Kier alpha value is -3.08. The minimum absolute atomic E-state index is 0.187. The van der Waals surface area contributed by atoms with Gasteiger partial charge in [-0.05, 0) is 30.3 Å². The SMILES string of the molecule is Nc1cccc(-c2ccnc(Nc3cccc(O)c3)n2)c1. The van der Waals surface area contributed by atoms with Crippen molar-refractivity contribution >= 4 is 17.3 Å². The number of nitrogens with two attached hydrogens (primary N) is 1. The zero-order chi connectivity index (χ0) is 14.7. The number of nitrogen functional groups attached to an aromatic ring is 1. The van der Waals surface area contributed by atoms with Gasteiger partial charge in [-0.3, -0.25) is 0 Å². The van der Waals surface area contributed by atoms with E-state index in [1.54, 1.807) is 24.4 Å². The van der Waals surface area contributed by atoms with Crippen LogP contribution >= 0.6 is 0 Å². The second-order valence-corrected chi connectivity index (χ2v) is 4.57. The Morgan fingerprint density at radius 2 is 1.86 bits per heavy atom. The summed E-state index contributed by atoms with van der Waals surface area (Å²) >= 11 is 0. The molecule has 0 saturated carbocycles. The van der Waals surface area contributed by atoms with Crippen LogP contribution in [-0.4, -0.2) is 15.1 Å². The fourth-order valence-corrected chi connectivity index (χ4v) is 1.99. The van der Waals surface area contributed by atoms with Crippen LogP contribution in [0.1, 0.15) is 0 Å². The summed E-state index contributed by atoms with van der Waals surface area (Å²) in [5, 5.41) is 12.5. The number of phenols is 1. The van der Waals surface area contributed by atoms with E-state index in [1.165, 1.54) is 0 Å². The maximum atomic E-state index is 9.46. The van der Waals surface area contributed by atoms with Gasteiger partial charge in [-0.1, -0.05) is 18.2 Å². The van der Waals surface area contributed by atoms with Gasteiger partial charge in [0, 0.05) is 29.2 Å². The summed E-state index contributed by atoms with van der Waals surface area (Å²) in [6.45, 7) is 0. The standard InChI is InChI=1S/C16H14N4O/c17-12-4-1-3-11(9-12)15-7-8-18-16(20-15)19-13-5-2-6-14(21)10-13/h1-10,21H,17H2,(H,18,19,20). The highest BCUT2D eigenvalue weighted by Gasteiger charge is 2.03. The van der Waals surface area contributed by atoms with Gasteiger partial charge in [0.1, 0.15) is 5.75 Å². The number of aromatic nitrogens is 2. The molecule has 0 fully saturated rings. The van der Waals surface area contributed by atoms with Gasteiger partial charge in [-0.2, -0.15) is 0 Å². The molecule has 0 aliphatic heterocycles. The molecule has 3 aromatic rings. The van der Waals surface area contributed by atoms with E-state index in [0.717, 1.165) is 16.9 Å². The summed E-state index contributed by atoms with van der Waals surface area (Å²) in [6.07, 6.45) is 1.68. The van der Waals surface area contributed by atoms with Crippen molar-refractivity contribution in [1.82, 2.24) is 9.97 Å². The fourth-order valence-electron chi connectivity index (χ4n) is 1.99. The van der Waals surface area contributed by atoms with Crippen molar-refractivity contribution in [2.24, 2.45) is 0 Å². The highest BCUT2D eigenvalue weighted by Crippen LogP contribution is 2.22. The van der Waals surface area contributed by atoms with Crippen molar-refractivity contribution < 1.29 is 5.11 Å². The molecule has 4 N–H and O–H groups in total. The van der Waals surface area contributed by atoms with Crippen molar-refractivity contribution in [3.63, 3.8) is 0 Å². The van der Waals surface area contributed by atoms with Gasteiger partial charge >= 0.3 is 0 Å². The third-order valence-corrected chi connectivity index (χ3v) is 2.94. The Morgan fingerprint density at radius 1 is 1.00 bits per heavy atom. The highest BCUT2D eigenvalue weighted by molar-refractivity contribution is 5.65. The summed E-state index contributed by atoms with van der Waals surface area (Å²) in [5.74, 6) is 0.646. The first-order valence-electron chi connectivity index (χ1n) is 6.46. The fraction of sp³-hybridized carbons (Fsp3) is 0. The van der Waals surface area contributed by atoms with Crippen molar-refractivity contribution in [1.29, 1.82) is 0 Å². The van der Waals surface area contributed by atoms with Gasteiger partial charge in [0.05, 0.1) is 5.69 Å². The second kappa shape index (κ2) is 5.50. The molecule has 0 saturated heterocycles. The maximum Gasteiger partial charge on any atom is 0.227 e. The molecule has 0 aliphatic carbocycles. The van der Waals surface area contributed by atoms with E-state index in [9.17, 15) is 5.11 Å². The quantitative estimate of drug-likeness (QED) is 0.641. The van der Waals surface area contributed by atoms with E-state index in [-0.39, 0.29) is 5.75 Å². The molecule has 0 aliphatic rings. The normalized spacial score (nSPS) is 10.3. The van der Waals surface area contributed by atoms with Crippen LogP contribution < -0.4 is 11.1 Å². The molecular formula is C16H14N4O. The number of hydrogen-bond acceptors (Lipinski definition) is 5. The van der Waals surface area contributed by atoms with Crippen LogP contribution in [0.4, 0.5) is 17.3 Å². The lowest BCUT2D eigenvalue weighted by Crippen LogP contribution is -1.98. The molecule has 3 rings (SSSR count). The molecular weight excluding hydrogens is 264 g/mol. The molecule has 1 aromatic heterocycles. The minimum Gasteiger partial charge on any atom is -0.508 e. The predicted octanol–water partition coefficient (Wildman–Crippen LogP) is 3.18. The molecule has 21 heavy (non-hydrogen) atoms. The Balaban J connectivity index is 1.90. The van der Waals surface area contributed by atoms with Crippen LogP contribution in [0.25, 0.3) is 11.3 Å². The number of nitrogens with one attached hydrogen (secondary N) is 1. The van der Waals surface area contributed by atoms with E-state index in [4.69, 9.17) is 5.73 Å². The first-order valence-corrected chi connectivity index (χ1v) is 6.46. The van der Waals surface area contributed by atoms with Gasteiger partial charge < -0.3 is 16.2 Å². The Labute approximate surface area is 122 Å². The predicted molar refractivity (Wildman–Crippen MR) is 83.3 cm³/mol. The molecule has 0 bridgehead atoms. The number of anilines is 3. The van der Waals surface area contributed by atoms with Crippen LogP contribution in [-0.2, 0) is 0 Å². The minimum atomic E-state index is 0.187. The lowest BCUT2D eigenvalue weighted by atomic mass is 10.1. The van der Waals surface area contributed by atoms with Crippen molar-refractivity contribution in [3.05, 3.63) is 60.8 Å². The average molecular weight is 278 g/mol. The van der Waals surface area contributed by atoms with Gasteiger partial charge in [0.15, 0.2) is 0 Å². The van der Waals surface area contributed by atoms with Gasteiger partial charge in [0.25, 0.3) is 0 Å². The summed E-state index contributed by atoms with van der Waals surface area (Å²) in [4.78, 5) is 8.63. The molecule has 5 heteroatoms. The molecule has 0 amide bonds. The summed E-state index contributed by atoms with van der Waals surface area (Å²) in [7, 11) is 0. The van der Waals surface area contributed by atoms with Crippen molar-refractivity contribution in [2.45, 2.75) is 0 Å². The number of rotatable bonds is 3. The third-order valence-electron chi connectivity index (χ3n) is 2.94. The van der Waals surface area contributed by atoms with Crippen LogP contribution in [0.3, 0.4) is 0 Å². The van der Waals surface area contributed by atoms with Crippen LogP contribution in [0.15, 0.2) is 60.8 Å². The summed E-state index contributed by atoms with van der Waals surface area (Å²) in [5.41, 5.74) is 8.90. The molecule has 5 nitrogen and oxygen atoms in total. The zero-order valence-electron chi connectivity index (χ0n) is 11.2. The van der Waals surface area contributed by atoms with E-state index < -0.39 is 0 Å². The van der Waals surface area contributed by atoms with Crippen LogP contribution in [0, 0.1) is 0 Å². The first kappa shape index (κ1) is 12.9. The second-order valence-electron chi connectivity index (χ2n) is 4.57. The molecule has 2 aromatic carbocycles. The Bertz CT molecular complexity index is 773. The van der Waals surface area contributed by atoms with E-state index in [1.807, 2.05) is 36.4 Å². The van der Waals surface area contributed by atoms with Gasteiger partial charge in [-0.15, -0.1) is 0 Å². The van der Waals surface area contributed by atoms with Gasteiger partial charge in [0.2, 0.25) is 5.95 Å². The lowest BCUT2D eigenvalue weighted by molar-refractivity contribution is 0.475. The maximum absolute atomic E-state index is 9.46. The van der Waals surface area contributed by atoms with Crippen molar-refractivity contribution in [3.8, 4) is 17.0 Å². The van der Waals surface area contributed by atoms with E-state index in [2.05, 4.69) is 15.3 Å². The molecule has 0 spiro atoms. The zero-order valence-corrected chi connectivity index (χ0v) is 11.2. The number of aromatic hydroxyl groups is 1. The summed E-state index contributed by atoms with van der Waals surface area (Å²) in [6, 6.07) is 16.1. The molecule has 0 atom stereocenters. The molecule has 1 heterocycles. The lowest BCUT2D eigenvalue weighted by Gasteiger charge is -2.07. The van der Waals surface area contributed by atoms with E-state index >= 15 is 0 Å². The Kier molecular flexibility index (Phi) is 3.39. The van der Waals surface area contributed by atoms with Crippen LogP contribution in [0.2, 0.25) is 0 Å². The average Bonchev–Trinajstić information content (AvgIpc) is 2.47. The molecule has 0 radical (unpaired) electrons. The largest absolute Gasteiger partial charge is 0.508 e. The number of benzene rings is 2. The number of phenolic OH excluding ortho intramolecular Hbond substituents is 1. The van der Waals surface area contributed by atoms with Crippen molar-refractivity contribution in [2.75, 3.05) is 11.1 Å². The Morgan fingerprint density at radius 3 is 2.67 bits per heavy atom. The first-order chi connectivity index (χ1) is 10.2. The topological polar surface area (TPSA) is 84.1 Å². The highest BCUT2D eigenvalue weighted by atomic mass is 16.3. The summed E-state index contributed by atoms with van der Waals surface area (Å²) < 4.78 is 0.